The van der Waals surface area contributed by atoms with Crippen LogP contribution in [0.25, 0.3) is 0 Å². The van der Waals surface area contributed by atoms with E-state index < -0.39 is 11.0 Å². The van der Waals surface area contributed by atoms with Gasteiger partial charge in [-0.05, 0) is 70.3 Å². The van der Waals surface area contributed by atoms with Gasteiger partial charge in [-0.2, -0.15) is 0 Å². The highest BCUT2D eigenvalue weighted by atomic mass is 16.4. The number of aryl methyl sites for hydroxylation is 2. The van der Waals surface area contributed by atoms with E-state index in [1.165, 1.54) is 6.07 Å². The summed E-state index contributed by atoms with van der Waals surface area (Å²) in [6, 6.07) is 1.69. The molecule has 2 saturated heterocycles. The number of amides is 2. The Morgan fingerprint density at radius 3 is 2.59 bits per heavy atom. The van der Waals surface area contributed by atoms with E-state index in [0.29, 0.717) is 28.8 Å². The fourth-order valence-electron chi connectivity index (χ4n) is 5.43. The topological polar surface area (TPSA) is 79.6 Å². The van der Waals surface area contributed by atoms with Gasteiger partial charge in [0.05, 0.1) is 11.0 Å². The van der Waals surface area contributed by atoms with Crippen LogP contribution in [0.15, 0.2) is 15.3 Å². The van der Waals surface area contributed by atoms with Gasteiger partial charge in [-0.3, -0.25) is 9.59 Å². The summed E-state index contributed by atoms with van der Waals surface area (Å²) in [4.78, 5) is 40.6. The van der Waals surface area contributed by atoms with Gasteiger partial charge in [0.1, 0.15) is 5.76 Å². The lowest BCUT2D eigenvalue weighted by Crippen LogP contribution is -2.50. The van der Waals surface area contributed by atoms with Crippen LogP contribution in [0.5, 0.6) is 0 Å². The van der Waals surface area contributed by atoms with Gasteiger partial charge >= 0.3 is 5.63 Å². The monoisotopic (exact) mass is 400 g/mol. The minimum absolute atomic E-state index is 0.0790. The summed E-state index contributed by atoms with van der Waals surface area (Å²) in [5.41, 5.74) is 0.188. The molecular weight excluding hydrogens is 368 g/mol. The van der Waals surface area contributed by atoms with Gasteiger partial charge in [-0.25, -0.2) is 4.79 Å². The molecule has 1 aromatic heterocycles. The van der Waals surface area contributed by atoms with Crippen molar-refractivity contribution in [2.45, 2.75) is 90.8 Å². The van der Waals surface area contributed by atoms with Crippen LogP contribution in [0.2, 0.25) is 0 Å². The molecule has 1 aliphatic carbocycles. The molecule has 158 valence electrons. The molecule has 2 bridgehead atoms. The normalized spacial score (nSPS) is 28.2. The fourth-order valence-corrected chi connectivity index (χ4v) is 5.43. The number of carbonyl (C=O) groups excluding carboxylic acids is 2. The average Bonchev–Trinajstić information content (AvgIpc) is 3.26. The van der Waals surface area contributed by atoms with Gasteiger partial charge in [-0.15, -0.1) is 0 Å². The first-order valence-corrected chi connectivity index (χ1v) is 11.0. The number of rotatable bonds is 6. The molecule has 1 aromatic rings. The molecule has 6 heteroatoms. The van der Waals surface area contributed by atoms with Gasteiger partial charge in [0.2, 0.25) is 5.91 Å². The first-order chi connectivity index (χ1) is 13.7. The number of fused-ring (bicyclic) bond motifs is 2. The fraction of sp³-hybridized carbons (Fsp3) is 0.696. The zero-order valence-electron chi connectivity index (χ0n) is 17.9. The van der Waals surface area contributed by atoms with Crippen LogP contribution in [0.1, 0.15) is 80.5 Å². The predicted octanol–water partition coefficient (Wildman–Crippen LogP) is 3.33. The Hall–Kier alpha value is -2.11. The van der Waals surface area contributed by atoms with Crippen molar-refractivity contribution in [3.8, 4) is 0 Å². The second-order valence-corrected chi connectivity index (χ2v) is 9.68. The summed E-state index contributed by atoms with van der Waals surface area (Å²) in [6.07, 6.45) is 6.45. The molecule has 0 aromatic carbocycles. The highest BCUT2D eigenvalue weighted by molar-refractivity contribution is 5.98. The third kappa shape index (κ3) is 3.51. The third-order valence-corrected chi connectivity index (χ3v) is 7.06. The van der Waals surface area contributed by atoms with Crippen molar-refractivity contribution in [1.29, 1.82) is 0 Å². The van der Waals surface area contributed by atoms with Crippen LogP contribution in [-0.2, 0) is 4.79 Å². The van der Waals surface area contributed by atoms with Gasteiger partial charge in [0.15, 0.2) is 0 Å². The van der Waals surface area contributed by atoms with E-state index >= 15 is 0 Å². The molecule has 4 rings (SSSR count). The van der Waals surface area contributed by atoms with Crippen molar-refractivity contribution in [3.63, 3.8) is 0 Å². The third-order valence-electron chi connectivity index (χ3n) is 7.06. The molecule has 1 N–H and O–H groups in total. The molecular formula is C23H32N2O4. The quantitative estimate of drug-likeness (QED) is 0.794. The lowest BCUT2D eigenvalue weighted by molar-refractivity contribution is -0.133. The van der Waals surface area contributed by atoms with Gasteiger partial charge in [-0.1, -0.05) is 13.8 Å². The van der Waals surface area contributed by atoms with Crippen LogP contribution in [0.4, 0.5) is 0 Å². The molecule has 3 aliphatic rings. The molecule has 2 amide bonds. The molecule has 6 nitrogen and oxygen atoms in total. The maximum absolute atomic E-state index is 13.6. The van der Waals surface area contributed by atoms with Crippen LogP contribution < -0.4 is 10.9 Å². The zero-order chi connectivity index (χ0) is 20.9. The Morgan fingerprint density at radius 2 is 1.97 bits per heavy atom. The summed E-state index contributed by atoms with van der Waals surface area (Å²) in [6.45, 7) is 7.81. The maximum Gasteiger partial charge on any atom is 0.336 e. The lowest BCUT2D eigenvalue weighted by atomic mass is 9.69. The standard InChI is InChI=1S/C23H32N2O4/c1-13(2)9-10-23(22(28)24-16-5-6-16)12-17-7-8-18(23)25(17)21(27)20-14(3)11-19(26)29-15(20)4/h11,13,16-18H,5-10,12H2,1-4H3,(H,24,28)/t17-,18+,23+/m1/s1. The van der Waals surface area contributed by atoms with Gasteiger partial charge in [0.25, 0.3) is 5.91 Å². The highest BCUT2D eigenvalue weighted by Crippen LogP contribution is 2.53. The first-order valence-electron chi connectivity index (χ1n) is 11.0. The molecule has 29 heavy (non-hydrogen) atoms. The van der Waals surface area contributed by atoms with Crippen LogP contribution in [0.3, 0.4) is 0 Å². The Labute approximate surface area is 172 Å². The van der Waals surface area contributed by atoms with E-state index in [1.807, 2.05) is 4.90 Å². The smallest absolute Gasteiger partial charge is 0.336 e. The Kier molecular flexibility index (Phi) is 5.07. The van der Waals surface area contributed by atoms with Gasteiger partial charge in [0, 0.05) is 24.2 Å². The molecule has 0 spiro atoms. The maximum atomic E-state index is 13.6. The molecule has 0 radical (unpaired) electrons. The lowest BCUT2D eigenvalue weighted by Gasteiger charge is -2.37. The number of carbonyl (C=O) groups is 2. The number of nitrogens with one attached hydrogen (secondary N) is 1. The van der Waals surface area contributed by atoms with Crippen molar-refractivity contribution in [3.05, 3.63) is 33.4 Å². The van der Waals surface area contributed by atoms with E-state index in [2.05, 4.69) is 19.2 Å². The van der Waals surface area contributed by atoms with Crippen molar-refractivity contribution in [2.75, 3.05) is 0 Å². The largest absolute Gasteiger partial charge is 0.427 e. The summed E-state index contributed by atoms with van der Waals surface area (Å²) in [5, 5.41) is 3.24. The van der Waals surface area contributed by atoms with E-state index in [4.69, 9.17) is 4.42 Å². The second kappa shape index (κ2) is 7.29. The molecule has 3 atom stereocenters. The predicted molar refractivity (Wildman–Crippen MR) is 110 cm³/mol. The minimum Gasteiger partial charge on any atom is -0.427 e. The van der Waals surface area contributed by atoms with Crippen molar-refractivity contribution < 1.29 is 14.0 Å². The summed E-state index contributed by atoms with van der Waals surface area (Å²) in [7, 11) is 0. The average molecular weight is 401 g/mol. The summed E-state index contributed by atoms with van der Waals surface area (Å²) < 4.78 is 5.22. The van der Waals surface area contributed by atoms with E-state index in [0.717, 1.165) is 44.9 Å². The van der Waals surface area contributed by atoms with Crippen LogP contribution in [-0.4, -0.2) is 34.8 Å². The number of nitrogens with zero attached hydrogens (tertiary/aromatic N) is 1. The van der Waals surface area contributed by atoms with E-state index in [1.54, 1.807) is 13.8 Å². The zero-order valence-corrected chi connectivity index (χ0v) is 17.9. The van der Waals surface area contributed by atoms with Crippen molar-refractivity contribution in [1.82, 2.24) is 10.2 Å². The SMILES string of the molecule is Cc1cc(=O)oc(C)c1C(=O)N1[C@@H]2CC[C@H]1[C@@](CCC(C)C)(C(=O)NC1CC1)C2. The van der Waals surface area contributed by atoms with Crippen LogP contribution >= 0.6 is 0 Å². The van der Waals surface area contributed by atoms with E-state index in [9.17, 15) is 14.4 Å². The Bertz CT molecular complexity index is 859. The van der Waals surface area contributed by atoms with Crippen molar-refractivity contribution >= 4 is 11.8 Å². The first kappa shape index (κ1) is 20.2. The Balaban J connectivity index is 1.67. The summed E-state index contributed by atoms with van der Waals surface area (Å²) in [5.74, 6) is 0.916. The van der Waals surface area contributed by atoms with Crippen molar-refractivity contribution in [2.24, 2.45) is 11.3 Å². The molecule has 2 aliphatic heterocycles. The number of hydrogen-bond donors (Lipinski definition) is 1. The molecule has 1 saturated carbocycles. The van der Waals surface area contributed by atoms with Crippen LogP contribution in [0, 0.1) is 25.2 Å². The summed E-state index contributed by atoms with van der Waals surface area (Å²) >= 11 is 0. The highest BCUT2D eigenvalue weighted by Gasteiger charge is 2.61. The van der Waals surface area contributed by atoms with Gasteiger partial charge < -0.3 is 14.6 Å². The molecule has 3 heterocycles. The Morgan fingerprint density at radius 1 is 1.24 bits per heavy atom. The second-order valence-electron chi connectivity index (χ2n) is 9.68. The minimum atomic E-state index is -0.497. The van der Waals surface area contributed by atoms with E-state index in [-0.39, 0.29) is 23.9 Å². The molecule has 0 unspecified atom stereocenters. The molecule has 3 fully saturated rings. The number of hydrogen-bond acceptors (Lipinski definition) is 4.